The zero-order valence-corrected chi connectivity index (χ0v) is 10.8. The Balaban J connectivity index is 1.66. The molecule has 2 aromatic rings. The normalized spacial score (nSPS) is 29.4. The minimum Gasteiger partial charge on any atom is -0.472 e. The first kappa shape index (κ1) is 11.3. The second-order valence-corrected chi connectivity index (χ2v) is 5.71. The van der Waals surface area contributed by atoms with Crippen LogP contribution in [-0.2, 0) is 6.42 Å². The molecule has 2 aliphatic carbocycles. The van der Waals surface area contributed by atoms with Gasteiger partial charge in [-0.2, -0.15) is 0 Å². The minimum atomic E-state index is 0.208. The Kier molecular flexibility index (Phi) is 2.50. The number of nitrogens with one attached hydrogen (secondary N) is 1. The molecule has 0 radical (unpaired) electrons. The fourth-order valence-corrected chi connectivity index (χ4v) is 3.96. The van der Waals surface area contributed by atoms with E-state index < -0.39 is 0 Å². The number of hydrazine groups is 1. The van der Waals surface area contributed by atoms with Crippen LogP contribution >= 0.6 is 0 Å². The van der Waals surface area contributed by atoms with Crippen LogP contribution in [0.4, 0.5) is 0 Å². The molecule has 1 fully saturated rings. The molecule has 0 bridgehead atoms. The molecule has 1 heterocycles. The van der Waals surface area contributed by atoms with Gasteiger partial charge >= 0.3 is 0 Å². The number of nitrogens with two attached hydrogens (primary N) is 1. The average Bonchev–Trinajstić information content (AvgIpc) is 2.92. The molecule has 0 spiro atoms. The molecular weight excluding hydrogens is 236 g/mol. The fourth-order valence-electron chi connectivity index (χ4n) is 3.96. The van der Waals surface area contributed by atoms with Gasteiger partial charge in [-0.3, -0.25) is 11.3 Å². The predicted molar refractivity (Wildman–Crippen MR) is 73.3 cm³/mol. The molecule has 3 heteroatoms. The van der Waals surface area contributed by atoms with Crippen LogP contribution in [0.3, 0.4) is 0 Å². The van der Waals surface area contributed by atoms with Crippen molar-refractivity contribution in [2.45, 2.75) is 24.8 Å². The van der Waals surface area contributed by atoms with Crippen molar-refractivity contribution >= 4 is 0 Å². The largest absolute Gasteiger partial charge is 0.472 e. The molecule has 19 heavy (non-hydrogen) atoms. The second-order valence-electron chi connectivity index (χ2n) is 5.71. The lowest BCUT2D eigenvalue weighted by molar-refractivity contribution is 0.453. The zero-order chi connectivity index (χ0) is 12.8. The second kappa shape index (κ2) is 4.22. The molecule has 3 nitrogen and oxygen atoms in total. The van der Waals surface area contributed by atoms with E-state index in [0.717, 1.165) is 5.92 Å². The van der Waals surface area contributed by atoms with Crippen molar-refractivity contribution in [3.8, 4) is 0 Å². The van der Waals surface area contributed by atoms with Gasteiger partial charge in [0.1, 0.15) is 0 Å². The van der Waals surface area contributed by atoms with E-state index in [0.29, 0.717) is 11.8 Å². The maximum atomic E-state index is 5.79. The molecule has 1 aromatic carbocycles. The van der Waals surface area contributed by atoms with Crippen LogP contribution in [0.2, 0.25) is 0 Å². The highest BCUT2D eigenvalue weighted by atomic mass is 16.3. The van der Waals surface area contributed by atoms with E-state index in [1.54, 1.807) is 12.5 Å². The molecule has 0 amide bonds. The SMILES string of the molecule is NNC(c1ccoc1)C1C2CCc3ccccc3C21. The van der Waals surface area contributed by atoms with Gasteiger partial charge in [0.2, 0.25) is 0 Å². The van der Waals surface area contributed by atoms with E-state index in [1.807, 2.05) is 6.07 Å². The molecule has 2 aliphatic rings. The number of benzene rings is 1. The molecule has 3 N–H and O–H groups in total. The van der Waals surface area contributed by atoms with Gasteiger partial charge in [-0.25, -0.2) is 0 Å². The maximum Gasteiger partial charge on any atom is 0.0950 e. The van der Waals surface area contributed by atoms with Gasteiger partial charge in [0.05, 0.1) is 18.6 Å². The van der Waals surface area contributed by atoms with E-state index in [1.165, 1.54) is 29.5 Å². The summed E-state index contributed by atoms with van der Waals surface area (Å²) >= 11 is 0. The number of aryl methyl sites for hydroxylation is 1. The molecule has 1 aromatic heterocycles. The van der Waals surface area contributed by atoms with Crippen molar-refractivity contribution < 1.29 is 4.42 Å². The van der Waals surface area contributed by atoms with Crippen molar-refractivity contribution in [3.63, 3.8) is 0 Å². The van der Waals surface area contributed by atoms with Crippen LogP contribution in [0.5, 0.6) is 0 Å². The van der Waals surface area contributed by atoms with E-state index in [2.05, 4.69) is 29.7 Å². The van der Waals surface area contributed by atoms with Gasteiger partial charge in [-0.15, -0.1) is 0 Å². The number of hydrogen-bond acceptors (Lipinski definition) is 3. The molecule has 4 unspecified atom stereocenters. The van der Waals surface area contributed by atoms with Crippen molar-refractivity contribution in [2.75, 3.05) is 0 Å². The van der Waals surface area contributed by atoms with Crippen LogP contribution < -0.4 is 11.3 Å². The number of hydrogen-bond donors (Lipinski definition) is 2. The lowest BCUT2D eigenvalue weighted by atomic mass is 9.92. The van der Waals surface area contributed by atoms with Gasteiger partial charge < -0.3 is 4.42 Å². The molecule has 1 saturated carbocycles. The minimum absolute atomic E-state index is 0.208. The standard InChI is InChI=1S/C16H18N2O/c17-18-16(11-7-8-19-9-11)15-13-6-5-10-3-1-2-4-12(10)14(13)15/h1-4,7-9,13-16,18H,5-6,17H2. The summed E-state index contributed by atoms with van der Waals surface area (Å²) in [6.07, 6.45) is 6.01. The lowest BCUT2D eigenvalue weighted by Crippen LogP contribution is -2.30. The topological polar surface area (TPSA) is 51.2 Å². The fraction of sp³-hybridized carbons (Fsp3) is 0.375. The quantitative estimate of drug-likeness (QED) is 0.654. The Bertz CT molecular complexity index is 578. The first-order chi connectivity index (χ1) is 9.40. The number of rotatable bonds is 3. The summed E-state index contributed by atoms with van der Waals surface area (Å²) in [5, 5.41) is 0. The Hall–Kier alpha value is -1.58. The smallest absolute Gasteiger partial charge is 0.0950 e. The summed E-state index contributed by atoms with van der Waals surface area (Å²) in [4.78, 5) is 0. The monoisotopic (exact) mass is 254 g/mol. The summed E-state index contributed by atoms with van der Waals surface area (Å²) in [5.41, 5.74) is 7.22. The number of furan rings is 1. The van der Waals surface area contributed by atoms with Crippen LogP contribution in [0.25, 0.3) is 0 Å². The van der Waals surface area contributed by atoms with Crippen molar-refractivity contribution in [2.24, 2.45) is 17.7 Å². The van der Waals surface area contributed by atoms with E-state index in [9.17, 15) is 0 Å². The zero-order valence-electron chi connectivity index (χ0n) is 10.8. The average molecular weight is 254 g/mol. The van der Waals surface area contributed by atoms with Crippen LogP contribution in [0.15, 0.2) is 47.3 Å². The van der Waals surface area contributed by atoms with Crippen molar-refractivity contribution in [1.29, 1.82) is 0 Å². The van der Waals surface area contributed by atoms with Crippen molar-refractivity contribution in [1.82, 2.24) is 5.43 Å². The van der Waals surface area contributed by atoms with Gasteiger partial charge in [-0.1, -0.05) is 24.3 Å². The third-order valence-electron chi connectivity index (χ3n) is 4.86. The first-order valence-electron chi connectivity index (χ1n) is 6.96. The Morgan fingerprint density at radius 1 is 1.26 bits per heavy atom. The van der Waals surface area contributed by atoms with Crippen molar-refractivity contribution in [3.05, 3.63) is 59.5 Å². The molecule has 4 rings (SSSR count). The molecule has 4 atom stereocenters. The molecule has 98 valence electrons. The van der Waals surface area contributed by atoms with Gasteiger partial charge in [-0.05, 0) is 47.8 Å². The van der Waals surface area contributed by atoms with Crippen LogP contribution in [0, 0.1) is 11.8 Å². The molecule has 0 saturated heterocycles. The Morgan fingerprint density at radius 3 is 2.95 bits per heavy atom. The Morgan fingerprint density at radius 2 is 2.16 bits per heavy atom. The Labute approximate surface area is 112 Å². The van der Waals surface area contributed by atoms with Gasteiger partial charge in [0.15, 0.2) is 0 Å². The highest BCUT2D eigenvalue weighted by Gasteiger charge is 2.56. The van der Waals surface area contributed by atoms with Gasteiger partial charge in [0, 0.05) is 5.56 Å². The number of fused-ring (bicyclic) bond motifs is 3. The summed E-state index contributed by atoms with van der Waals surface area (Å²) < 4.78 is 5.20. The van der Waals surface area contributed by atoms with E-state index in [-0.39, 0.29) is 6.04 Å². The summed E-state index contributed by atoms with van der Waals surface area (Å²) in [5.74, 6) is 7.83. The van der Waals surface area contributed by atoms with Crippen LogP contribution in [-0.4, -0.2) is 0 Å². The van der Waals surface area contributed by atoms with Crippen LogP contribution in [0.1, 0.15) is 35.1 Å². The van der Waals surface area contributed by atoms with E-state index >= 15 is 0 Å². The third-order valence-corrected chi connectivity index (χ3v) is 4.86. The predicted octanol–water partition coefficient (Wildman–Crippen LogP) is 2.76. The highest BCUT2D eigenvalue weighted by Crippen LogP contribution is 2.64. The molecule has 0 aliphatic heterocycles. The third kappa shape index (κ3) is 1.66. The highest BCUT2D eigenvalue weighted by molar-refractivity contribution is 5.41. The summed E-state index contributed by atoms with van der Waals surface area (Å²) in [6.45, 7) is 0. The van der Waals surface area contributed by atoms with E-state index in [4.69, 9.17) is 10.3 Å². The summed E-state index contributed by atoms with van der Waals surface area (Å²) in [6, 6.07) is 11.1. The summed E-state index contributed by atoms with van der Waals surface area (Å²) in [7, 11) is 0. The molecular formula is C16H18N2O. The lowest BCUT2D eigenvalue weighted by Gasteiger charge is -2.14. The van der Waals surface area contributed by atoms with Gasteiger partial charge in [0.25, 0.3) is 0 Å². The first-order valence-corrected chi connectivity index (χ1v) is 6.96. The maximum absolute atomic E-state index is 5.79.